The van der Waals surface area contributed by atoms with E-state index in [0.29, 0.717) is 30.4 Å². The Hall–Kier alpha value is -4.24. The molecule has 0 bridgehead atoms. The molecule has 2 atom stereocenters. The molecule has 1 aliphatic heterocycles. The van der Waals surface area contributed by atoms with E-state index in [1.165, 1.54) is 30.4 Å². The van der Waals surface area contributed by atoms with Crippen molar-refractivity contribution in [3.8, 4) is 0 Å². The van der Waals surface area contributed by atoms with Crippen LogP contribution in [0.25, 0.3) is 16.9 Å². The summed E-state index contributed by atoms with van der Waals surface area (Å²) in [5.74, 6) is 2.28. The minimum absolute atomic E-state index is 0.0609. The Morgan fingerprint density at radius 3 is 2.23 bits per heavy atom. The van der Waals surface area contributed by atoms with Crippen LogP contribution in [0.15, 0.2) is 73.6 Å². The van der Waals surface area contributed by atoms with E-state index >= 15 is 0 Å². The van der Waals surface area contributed by atoms with Crippen LogP contribution in [0.2, 0.25) is 0 Å². The minimum Gasteiger partial charge on any atom is -0.381 e. The SMILES string of the molecule is C=C(NCCN1CCC(CC)CC1)c1nc(NCC(c2ccccc2)c2ccccc2)c2ncn(C(C)CCC(C)C(=O)NCC)c2n1. The fourth-order valence-corrected chi connectivity index (χ4v) is 6.67. The Morgan fingerprint density at radius 1 is 0.938 bits per heavy atom. The molecule has 1 saturated heterocycles. The van der Waals surface area contributed by atoms with Crippen molar-refractivity contribution in [2.24, 2.45) is 11.8 Å². The van der Waals surface area contributed by atoms with Gasteiger partial charge in [-0.25, -0.2) is 15.0 Å². The lowest BCUT2D eigenvalue weighted by molar-refractivity contribution is -0.124. The molecule has 1 amide bonds. The molecule has 2 aromatic carbocycles. The zero-order chi connectivity index (χ0) is 33.9. The number of likely N-dealkylation sites (tertiary alicyclic amines) is 1. The van der Waals surface area contributed by atoms with Gasteiger partial charge >= 0.3 is 0 Å². The van der Waals surface area contributed by atoms with Crippen LogP contribution in [0.5, 0.6) is 0 Å². The molecule has 3 heterocycles. The molecule has 4 aromatic rings. The number of fused-ring (bicyclic) bond motifs is 1. The molecule has 0 radical (unpaired) electrons. The number of aromatic nitrogens is 4. The first-order valence-electron chi connectivity index (χ1n) is 17.9. The molecule has 1 fully saturated rings. The molecule has 5 rings (SSSR count). The first-order valence-corrected chi connectivity index (χ1v) is 17.9. The summed E-state index contributed by atoms with van der Waals surface area (Å²) in [6.45, 7) is 18.1. The lowest BCUT2D eigenvalue weighted by atomic mass is 9.91. The summed E-state index contributed by atoms with van der Waals surface area (Å²) in [5, 5.41) is 10.1. The van der Waals surface area contributed by atoms with E-state index in [9.17, 15) is 4.79 Å². The normalized spacial score (nSPS) is 15.4. The second kappa shape index (κ2) is 17.2. The number of nitrogens with one attached hydrogen (secondary N) is 3. The Bertz CT molecular complexity index is 1560. The van der Waals surface area contributed by atoms with Gasteiger partial charge in [-0.2, -0.15) is 0 Å². The van der Waals surface area contributed by atoms with Crippen LogP contribution in [-0.2, 0) is 4.79 Å². The van der Waals surface area contributed by atoms with Crippen molar-refractivity contribution in [3.63, 3.8) is 0 Å². The Balaban J connectivity index is 1.38. The molecule has 256 valence electrons. The minimum atomic E-state index is -0.0609. The van der Waals surface area contributed by atoms with Crippen molar-refractivity contribution in [3.05, 3.63) is 90.5 Å². The number of hydrogen-bond acceptors (Lipinski definition) is 7. The number of carbonyl (C=O) groups is 1. The van der Waals surface area contributed by atoms with Crippen molar-refractivity contribution >= 4 is 28.6 Å². The summed E-state index contributed by atoms with van der Waals surface area (Å²) in [6, 6.07) is 21.2. The van der Waals surface area contributed by atoms with Crippen molar-refractivity contribution in [1.82, 2.24) is 35.1 Å². The van der Waals surface area contributed by atoms with Crippen molar-refractivity contribution < 1.29 is 4.79 Å². The number of anilines is 1. The number of benzene rings is 2. The molecule has 0 saturated carbocycles. The number of piperidine rings is 1. The Kier molecular flexibility index (Phi) is 12.6. The summed E-state index contributed by atoms with van der Waals surface area (Å²) in [4.78, 5) is 29.8. The molecule has 48 heavy (non-hydrogen) atoms. The number of amides is 1. The first kappa shape index (κ1) is 35.1. The van der Waals surface area contributed by atoms with Gasteiger partial charge in [0.2, 0.25) is 5.91 Å². The maximum absolute atomic E-state index is 12.4. The van der Waals surface area contributed by atoms with Crippen molar-refractivity contribution in [1.29, 1.82) is 0 Å². The van der Waals surface area contributed by atoms with Crippen LogP contribution in [0.4, 0.5) is 5.82 Å². The second-order valence-electron chi connectivity index (χ2n) is 13.3. The zero-order valence-corrected chi connectivity index (χ0v) is 29.3. The number of imidazole rings is 1. The lowest BCUT2D eigenvalue weighted by Crippen LogP contribution is -2.37. The van der Waals surface area contributed by atoms with E-state index < -0.39 is 0 Å². The highest BCUT2D eigenvalue weighted by molar-refractivity contribution is 5.84. The van der Waals surface area contributed by atoms with E-state index in [2.05, 4.69) is 107 Å². The summed E-state index contributed by atoms with van der Waals surface area (Å²) in [5.41, 5.74) is 4.67. The summed E-state index contributed by atoms with van der Waals surface area (Å²) < 4.78 is 2.12. The average Bonchev–Trinajstić information content (AvgIpc) is 3.56. The Labute approximate surface area is 286 Å². The highest BCUT2D eigenvalue weighted by atomic mass is 16.1. The van der Waals surface area contributed by atoms with E-state index in [-0.39, 0.29) is 23.8 Å². The third-order valence-corrected chi connectivity index (χ3v) is 9.91. The molecule has 0 aliphatic carbocycles. The van der Waals surface area contributed by atoms with Gasteiger partial charge in [-0.3, -0.25) is 4.79 Å². The zero-order valence-electron chi connectivity index (χ0n) is 29.3. The monoisotopic (exact) mass is 650 g/mol. The van der Waals surface area contributed by atoms with Crippen LogP contribution in [0.1, 0.15) is 88.7 Å². The van der Waals surface area contributed by atoms with E-state index in [4.69, 9.17) is 15.0 Å². The van der Waals surface area contributed by atoms with Crippen LogP contribution >= 0.6 is 0 Å². The second-order valence-corrected chi connectivity index (χ2v) is 13.3. The maximum Gasteiger partial charge on any atom is 0.222 e. The third kappa shape index (κ3) is 9.01. The number of nitrogens with zero attached hydrogens (tertiary/aromatic N) is 5. The average molecular weight is 651 g/mol. The molecule has 2 unspecified atom stereocenters. The summed E-state index contributed by atoms with van der Waals surface area (Å²) >= 11 is 0. The first-order chi connectivity index (χ1) is 23.4. The standard InChI is InChI=1S/C39H54N8O/c1-6-31-20-23-46(24-21-31)25-22-41-30(5)36-44-37(42-26-34(32-14-10-8-11-15-32)33-16-12-9-13-17-33)35-38(45-36)47(27-43-35)29(4)19-18-28(3)39(48)40-7-2/h8-17,27-29,31,34,41H,5-7,18-26H2,1-4H3,(H,40,48)(H,42,44,45). The number of carbonyl (C=O) groups excluding carboxylic acids is 1. The molecule has 3 N–H and O–H groups in total. The van der Waals surface area contributed by atoms with Gasteiger partial charge in [0.1, 0.15) is 5.52 Å². The fourth-order valence-electron chi connectivity index (χ4n) is 6.67. The molecule has 2 aromatic heterocycles. The van der Waals surface area contributed by atoms with Gasteiger partial charge in [-0.15, -0.1) is 0 Å². The van der Waals surface area contributed by atoms with Gasteiger partial charge in [-0.1, -0.05) is 87.5 Å². The van der Waals surface area contributed by atoms with Crippen LogP contribution < -0.4 is 16.0 Å². The van der Waals surface area contributed by atoms with E-state index in [1.54, 1.807) is 0 Å². The van der Waals surface area contributed by atoms with Gasteiger partial charge in [0.15, 0.2) is 17.3 Å². The predicted octanol–water partition coefficient (Wildman–Crippen LogP) is 6.87. The smallest absolute Gasteiger partial charge is 0.222 e. The molecular weight excluding hydrogens is 596 g/mol. The van der Waals surface area contributed by atoms with Crippen LogP contribution in [0.3, 0.4) is 0 Å². The molecule has 0 spiro atoms. The third-order valence-electron chi connectivity index (χ3n) is 9.91. The van der Waals surface area contributed by atoms with Gasteiger partial charge in [0, 0.05) is 44.1 Å². The van der Waals surface area contributed by atoms with E-state index in [0.717, 1.165) is 56.1 Å². The van der Waals surface area contributed by atoms with Gasteiger partial charge in [0.05, 0.1) is 12.0 Å². The quantitative estimate of drug-likeness (QED) is 0.115. The Morgan fingerprint density at radius 2 is 1.60 bits per heavy atom. The van der Waals surface area contributed by atoms with Gasteiger partial charge in [-0.05, 0) is 69.7 Å². The van der Waals surface area contributed by atoms with Gasteiger partial charge in [0.25, 0.3) is 0 Å². The van der Waals surface area contributed by atoms with Crippen molar-refractivity contribution in [2.75, 3.05) is 44.6 Å². The predicted molar refractivity (Wildman–Crippen MR) is 197 cm³/mol. The number of hydrogen-bond donors (Lipinski definition) is 3. The molecule has 1 aliphatic rings. The topological polar surface area (TPSA) is 100 Å². The van der Waals surface area contributed by atoms with E-state index in [1.807, 2.05) is 20.2 Å². The number of rotatable bonds is 17. The van der Waals surface area contributed by atoms with Crippen LogP contribution in [0, 0.1) is 11.8 Å². The summed E-state index contributed by atoms with van der Waals surface area (Å²) in [7, 11) is 0. The van der Waals surface area contributed by atoms with Crippen molar-refractivity contribution in [2.45, 2.75) is 71.8 Å². The molecule has 9 heteroatoms. The fraction of sp³-hybridized carbons (Fsp3) is 0.487. The van der Waals surface area contributed by atoms with Crippen LogP contribution in [-0.4, -0.2) is 69.6 Å². The molecular formula is C39H54N8O. The highest BCUT2D eigenvalue weighted by Crippen LogP contribution is 2.29. The molecule has 9 nitrogen and oxygen atoms in total. The van der Waals surface area contributed by atoms with Gasteiger partial charge < -0.3 is 25.4 Å². The lowest BCUT2D eigenvalue weighted by Gasteiger charge is -2.31. The maximum atomic E-state index is 12.4. The summed E-state index contributed by atoms with van der Waals surface area (Å²) in [6.07, 6.45) is 7.29. The highest BCUT2D eigenvalue weighted by Gasteiger charge is 2.22. The largest absolute Gasteiger partial charge is 0.381 e.